The monoisotopic (exact) mass is 449 g/mol. The van der Waals surface area contributed by atoms with E-state index in [9.17, 15) is 19.5 Å². The van der Waals surface area contributed by atoms with Crippen molar-refractivity contribution in [2.45, 2.75) is 13.0 Å². The normalized spacial score (nSPS) is 12.2. The van der Waals surface area contributed by atoms with Crippen LogP contribution in [0.2, 0.25) is 5.02 Å². The number of halogens is 2. The fourth-order valence-corrected chi connectivity index (χ4v) is 2.40. The van der Waals surface area contributed by atoms with Crippen LogP contribution in [-0.2, 0) is 9.59 Å². The molecule has 8 heteroatoms. The molecular formula is C19H15BrClN2O4-. The Morgan fingerprint density at radius 1 is 1.07 bits per heavy atom. The molecule has 27 heavy (non-hydrogen) atoms. The third kappa shape index (κ3) is 6.23. The molecule has 0 aromatic heterocycles. The highest BCUT2D eigenvalue weighted by molar-refractivity contribution is 9.10. The van der Waals surface area contributed by atoms with E-state index in [4.69, 9.17) is 11.6 Å². The Hall–Kier alpha value is -2.64. The SMILES string of the molecule is C[C@@H](NC(=O)/C(=C/c1ccc(Cl)cc1)NC(=O)c1ccc(Br)cc1)C(=O)[O-]. The van der Waals surface area contributed by atoms with Gasteiger partial charge in [0.25, 0.3) is 11.8 Å². The Bertz CT molecular complexity index is 880. The first-order chi connectivity index (χ1) is 12.8. The predicted molar refractivity (Wildman–Crippen MR) is 104 cm³/mol. The molecule has 0 bridgehead atoms. The molecular weight excluding hydrogens is 436 g/mol. The van der Waals surface area contributed by atoms with Gasteiger partial charge in [0.2, 0.25) is 0 Å². The van der Waals surface area contributed by atoms with Gasteiger partial charge in [0.15, 0.2) is 0 Å². The minimum absolute atomic E-state index is 0.113. The molecule has 0 saturated carbocycles. The van der Waals surface area contributed by atoms with Gasteiger partial charge in [-0.2, -0.15) is 0 Å². The molecule has 0 unspecified atom stereocenters. The molecule has 2 aromatic carbocycles. The van der Waals surface area contributed by atoms with Crippen LogP contribution < -0.4 is 15.7 Å². The zero-order valence-electron chi connectivity index (χ0n) is 14.2. The highest BCUT2D eigenvalue weighted by Crippen LogP contribution is 2.14. The number of hydrogen-bond acceptors (Lipinski definition) is 4. The van der Waals surface area contributed by atoms with Crippen molar-refractivity contribution in [3.63, 3.8) is 0 Å². The largest absolute Gasteiger partial charge is 0.548 e. The Labute approximate surface area is 169 Å². The topological polar surface area (TPSA) is 98.3 Å². The summed E-state index contributed by atoms with van der Waals surface area (Å²) < 4.78 is 0.802. The maximum Gasteiger partial charge on any atom is 0.268 e. The molecule has 6 nitrogen and oxygen atoms in total. The molecule has 0 aliphatic carbocycles. The Morgan fingerprint density at radius 3 is 2.22 bits per heavy atom. The molecule has 0 fully saturated rings. The van der Waals surface area contributed by atoms with Gasteiger partial charge in [-0.3, -0.25) is 9.59 Å². The summed E-state index contributed by atoms with van der Waals surface area (Å²) in [6.45, 7) is 1.27. The standard InChI is InChI=1S/C19H16BrClN2O4/c1-11(19(26)27)22-18(25)16(10-12-2-8-15(21)9-3-12)23-17(24)13-4-6-14(20)7-5-13/h2-11H,1H3,(H,22,25)(H,23,24)(H,26,27)/p-1/b16-10-/t11-/m1/s1. The number of carbonyl (C=O) groups excluding carboxylic acids is 3. The van der Waals surface area contributed by atoms with Gasteiger partial charge in [-0.05, 0) is 55.0 Å². The summed E-state index contributed by atoms with van der Waals surface area (Å²) in [6.07, 6.45) is 1.42. The first kappa shape index (κ1) is 20.7. The summed E-state index contributed by atoms with van der Waals surface area (Å²) in [5.74, 6) is -2.71. The van der Waals surface area contributed by atoms with E-state index >= 15 is 0 Å². The molecule has 140 valence electrons. The lowest BCUT2D eigenvalue weighted by molar-refractivity contribution is -0.307. The van der Waals surface area contributed by atoms with Crippen LogP contribution in [0.4, 0.5) is 0 Å². The Morgan fingerprint density at radius 2 is 1.67 bits per heavy atom. The van der Waals surface area contributed by atoms with Crippen molar-refractivity contribution < 1.29 is 19.5 Å². The van der Waals surface area contributed by atoms with E-state index in [0.29, 0.717) is 16.1 Å². The first-order valence-corrected chi connectivity index (χ1v) is 8.99. The molecule has 2 rings (SSSR count). The van der Waals surface area contributed by atoms with Crippen molar-refractivity contribution in [2.24, 2.45) is 0 Å². The van der Waals surface area contributed by atoms with Gasteiger partial charge >= 0.3 is 0 Å². The average molecular weight is 451 g/mol. The van der Waals surface area contributed by atoms with Crippen LogP contribution >= 0.6 is 27.5 Å². The molecule has 2 aromatic rings. The van der Waals surface area contributed by atoms with Crippen LogP contribution in [0.25, 0.3) is 6.08 Å². The number of benzene rings is 2. The molecule has 0 spiro atoms. The second-order valence-corrected chi connectivity index (χ2v) is 6.94. The van der Waals surface area contributed by atoms with Crippen LogP contribution in [0, 0.1) is 0 Å². The smallest absolute Gasteiger partial charge is 0.268 e. The summed E-state index contributed by atoms with van der Waals surface area (Å²) >= 11 is 9.13. The van der Waals surface area contributed by atoms with Crippen molar-refractivity contribution in [3.8, 4) is 0 Å². The number of carboxylic acid groups (broad SMARTS) is 1. The molecule has 0 aliphatic rings. The van der Waals surface area contributed by atoms with Gasteiger partial charge in [-0.1, -0.05) is 39.7 Å². The first-order valence-electron chi connectivity index (χ1n) is 7.82. The van der Waals surface area contributed by atoms with Crippen LogP contribution in [0.5, 0.6) is 0 Å². The van der Waals surface area contributed by atoms with E-state index in [1.54, 1.807) is 48.5 Å². The van der Waals surface area contributed by atoms with E-state index in [-0.39, 0.29) is 5.70 Å². The molecule has 2 N–H and O–H groups in total. The second-order valence-electron chi connectivity index (χ2n) is 5.58. The second kappa shape index (κ2) is 9.34. The minimum Gasteiger partial charge on any atom is -0.548 e. The molecule has 1 atom stereocenters. The fraction of sp³-hybridized carbons (Fsp3) is 0.105. The highest BCUT2D eigenvalue weighted by atomic mass is 79.9. The lowest BCUT2D eigenvalue weighted by atomic mass is 10.1. The van der Waals surface area contributed by atoms with E-state index < -0.39 is 23.8 Å². The zero-order chi connectivity index (χ0) is 20.0. The van der Waals surface area contributed by atoms with Crippen LogP contribution in [0.3, 0.4) is 0 Å². The number of carboxylic acids is 1. The summed E-state index contributed by atoms with van der Waals surface area (Å²) in [6, 6.07) is 11.9. The molecule has 2 amide bonds. The third-order valence-electron chi connectivity index (χ3n) is 3.48. The van der Waals surface area contributed by atoms with E-state index in [2.05, 4.69) is 26.6 Å². The lowest BCUT2D eigenvalue weighted by Crippen LogP contribution is -2.48. The van der Waals surface area contributed by atoms with E-state index in [1.807, 2.05) is 0 Å². The van der Waals surface area contributed by atoms with Crippen molar-refractivity contribution in [1.82, 2.24) is 10.6 Å². The molecule has 0 heterocycles. The van der Waals surface area contributed by atoms with E-state index in [1.165, 1.54) is 13.0 Å². The highest BCUT2D eigenvalue weighted by Gasteiger charge is 2.17. The van der Waals surface area contributed by atoms with Crippen molar-refractivity contribution in [3.05, 3.63) is 74.9 Å². The summed E-state index contributed by atoms with van der Waals surface area (Å²) in [4.78, 5) is 35.7. The molecule has 0 radical (unpaired) electrons. The van der Waals surface area contributed by atoms with Crippen molar-refractivity contribution in [2.75, 3.05) is 0 Å². The minimum atomic E-state index is -1.44. The maximum absolute atomic E-state index is 12.4. The number of aliphatic carboxylic acids is 1. The van der Waals surface area contributed by atoms with Gasteiger partial charge in [0, 0.05) is 15.1 Å². The van der Waals surface area contributed by atoms with Crippen molar-refractivity contribution >= 4 is 51.4 Å². The van der Waals surface area contributed by atoms with Gasteiger partial charge in [0.1, 0.15) is 5.70 Å². The molecule has 0 aliphatic heterocycles. The van der Waals surface area contributed by atoms with Gasteiger partial charge in [-0.15, -0.1) is 0 Å². The van der Waals surface area contributed by atoms with Crippen LogP contribution in [0.15, 0.2) is 58.7 Å². The molecule has 0 saturated heterocycles. The Kier molecular flexibility index (Phi) is 7.15. The van der Waals surface area contributed by atoms with Gasteiger partial charge < -0.3 is 20.5 Å². The fourth-order valence-electron chi connectivity index (χ4n) is 2.01. The number of carbonyl (C=O) groups is 3. The number of amides is 2. The average Bonchev–Trinajstić information content (AvgIpc) is 2.63. The van der Waals surface area contributed by atoms with Crippen molar-refractivity contribution in [1.29, 1.82) is 0 Å². The van der Waals surface area contributed by atoms with Crippen LogP contribution in [-0.4, -0.2) is 23.8 Å². The van der Waals surface area contributed by atoms with Gasteiger partial charge in [0.05, 0.1) is 12.0 Å². The zero-order valence-corrected chi connectivity index (χ0v) is 16.5. The van der Waals surface area contributed by atoms with Gasteiger partial charge in [-0.25, -0.2) is 0 Å². The third-order valence-corrected chi connectivity index (χ3v) is 4.26. The summed E-state index contributed by atoms with van der Waals surface area (Å²) in [5.41, 5.74) is 0.820. The summed E-state index contributed by atoms with van der Waals surface area (Å²) in [5, 5.41) is 16.2. The summed E-state index contributed by atoms with van der Waals surface area (Å²) in [7, 11) is 0. The number of nitrogens with one attached hydrogen (secondary N) is 2. The quantitative estimate of drug-likeness (QED) is 0.659. The van der Waals surface area contributed by atoms with Crippen LogP contribution in [0.1, 0.15) is 22.8 Å². The van der Waals surface area contributed by atoms with E-state index in [0.717, 1.165) is 4.47 Å². The number of hydrogen-bond donors (Lipinski definition) is 2. The number of rotatable bonds is 6. The predicted octanol–water partition coefficient (Wildman–Crippen LogP) is 2.13. The lowest BCUT2D eigenvalue weighted by Gasteiger charge is -2.17. The maximum atomic E-state index is 12.4. The Balaban J connectivity index is 2.29.